The van der Waals surface area contributed by atoms with Gasteiger partial charge in [0.2, 0.25) is 13.3 Å². The Morgan fingerprint density at radius 3 is 1.90 bits per heavy atom. The normalized spacial score (nSPS) is 23.4. The van der Waals surface area contributed by atoms with E-state index in [2.05, 4.69) is 35.8 Å². The minimum atomic E-state index is -1.32. The molecule has 1 fully saturated rings. The third kappa shape index (κ3) is 9.24. The average Bonchev–Trinajstić information content (AvgIpc) is 3.79. The number of benzene rings is 1. The van der Waals surface area contributed by atoms with Crippen LogP contribution in [0.3, 0.4) is 0 Å². The molecule has 2 aromatic rings. The molecule has 3 aliphatic rings. The molecule has 0 unspecified atom stereocenters. The van der Waals surface area contributed by atoms with Crippen LogP contribution in [0, 0.1) is 13.3 Å². The van der Waals surface area contributed by atoms with Crippen LogP contribution in [0.1, 0.15) is 45.2 Å². The van der Waals surface area contributed by atoms with Crippen molar-refractivity contribution >= 4 is 23.9 Å². The Morgan fingerprint density at radius 1 is 0.729 bits per heavy atom. The Labute approximate surface area is 278 Å². The zero-order valence-electron chi connectivity index (χ0n) is 27.0. The Hall–Kier alpha value is -5.12. The number of carbonyl (C=O) groups excluding carboxylic acids is 4. The van der Waals surface area contributed by atoms with Crippen molar-refractivity contribution in [2.24, 2.45) is 0 Å². The largest absolute Gasteiger partial charge is 0.463 e. The Kier molecular flexibility index (Phi) is 11.2. The monoisotopic (exact) mass is 663 g/mol. The molecule has 254 valence electrons. The Balaban J connectivity index is 1.20. The molecule has 48 heavy (non-hydrogen) atoms. The highest BCUT2D eigenvalue weighted by molar-refractivity contribution is 5.68. The van der Waals surface area contributed by atoms with Gasteiger partial charge in [-0.2, -0.15) is 0 Å². The van der Waals surface area contributed by atoms with Gasteiger partial charge in [-0.15, -0.1) is 5.10 Å². The maximum absolute atomic E-state index is 12.2. The molecule has 0 saturated carbocycles. The second-order valence-electron chi connectivity index (χ2n) is 11.2. The number of rotatable bonds is 13. The summed E-state index contributed by atoms with van der Waals surface area (Å²) in [5.41, 5.74) is 1.71. The Bertz CT molecular complexity index is 1500. The number of aromatic nitrogens is 3. The van der Waals surface area contributed by atoms with Crippen molar-refractivity contribution in [3.05, 3.63) is 85.9 Å². The van der Waals surface area contributed by atoms with Gasteiger partial charge in [0, 0.05) is 72.1 Å². The van der Waals surface area contributed by atoms with Gasteiger partial charge in [0.25, 0.3) is 0 Å². The predicted octanol–water partition coefficient (Wildman–Crippen LogP) is 1.40. The van der Waals surface area contributed by atoms with E-state index in [1.54, 1.807) is 11.1 Å². The van der Waals surface area contributed by atoms with Crippen LogP contribution < -0.4 is 0 Å². The van der Waals surface area contributed by atoms with Crippen molar-refractivity contribution in [2.45, 2.75) is 71.4 Å². The van der Waals surface area contributed by atoms with Crippen LogP contribution in [0.15, 0.2) is 61.3 Å². The van der Waals surface area contributed by atoms with E-state index in [1.165, 1.54) is 24.1 Å². The fourth-order valence-electron chi connectivity index (χ4n) is 5.31. The quantitative estimate of drug-likeness (QED) is 0.224. The minimum absolute atomic E-state index is 0.297. The molecular weight excluding hydrogens is 626 g/mol. The Morgan fingerprint density at radius 2 is 1.29 bits per heavy atom. The molecule has 5 rings (SSSR count). The first-order chi connectivity index (χ1) is 23.0. The van der Waals surface area contributed by atoms with Gasteiger partial charge in [-0.1, -0.05) is 35.5 Å². The zero-order valence-corrected chi connectivity index (χ0v) is 27.0. The zero-order chi connectivity index (χ0) is 34.2. The predicted molar refractivity (Wildman–Crippen MR) is 163 cm³/mol. The standard InChI is InChI=1S/C32H37N7O9/c1-22(40)44-19-28-29(45-23(2)41)30(46-24(3)42)31(47-25(4)43)32(48-28)39-18-27(33-34-39)17-38-15-13-36(21-38)11-10-35-12-14-37(20-35)16-26-8-6-5-7-9-26/h5-9,12-15,18,28-32H,10-11,16-17,19H2,1-4H3/t28-,29-,30+,31-,32-/m1/s1. The van der Waals surface area contributed by atoms with E-state index in [9.17, 15) is 19.2 Å². The van der Waals surface area contributed by atoms with Gasteiger partial charge < -0.3 is 43.3 Å². The molecular formula is C32H37N7O9. The van der Waals surface area contributed by atoms with E-state index in [0.717, 1.165) is 20.4 Å². The van der Waals surface area contributed by atoms with Gasteiger partial charge in [0.15, 0.2) is 24.5 Å². The van der Waals surface area contributed by atoms with Crippen molar-refractivity contribution in [1.29, 1.82) is 0 Å². The van der Waals surface area contributed by atoms with Crippen molar-refractivity contribution in [2.75, 3.05) is 19.7 Å². The maximum Gasteiger partial charge on any atom is 0.303 e. The number of hydrogen-bond donors (Lipinski definition) is 0. The molecule has 1 aromatic heterocycles. The summed E-state index contributed by atoms with van der Waals surface area (Å²) in [4.78, 5) is 55.6. The van der Waals surface area contributed by atoms with Gasteiger partial charge in [-0.3, -0.25) is 19.2 Å². The van der Waals surface area contributed by atoms with Gasteiger partial charge in [-0.25, -0.2) is 4.68 Å². The summed E-state index contributed by atoms with van der Waals surface area (Å²) < 4.78 is 29.1. The highest BCUT2D eigenvalue weighted by Crippen LogP contribution is 2.34. The van der Waals surface area contributed by atoms with Crippen molar-refractivity contribution in [3.8, 4) is 0 Å². The summed E-state index contributed by atoms with van der Waals surface area (Å²) in [5.74, 6) is -2.75. The third-order valence-electron chi connectivity index (χ3n) is 7.26. The van der Waals surface area contributed by atoms with Crippen molar-refractivity contribution in [3.63, 3.8) is 0 Å². The van der Waals surface area contributed by atoms with E-state index in [-0.39, 0.29) is 6.61 Å². The molecule has 0 bridgehead atoms. The van der Waals surface area contributed by atoms with Gasteiger partial charge in [0.1, 0.15) is 18.4 Å². The summed E-state index contributed by atoms with van der Waals surface area (Å²) in [6.45, 7) is 13.3. The van der Waals surface area contributed by atoms with E-state index in [4.69, 9.17) is 23.7 Å². The smallest absolute Gasteiger partial charge is 0.303 e. The highest BCUT2D eigenvalue weighted by atomic mass is 16.7. The number of esters is 4. The number of ether oxygens (including phenoxy) is 5. The van der Waals surface area contributed by atoms with E-state index >= 15 is 0 Å². The lowest BCUT2D eigenvalue weighted by Crippen LogP contribution is -2.60. The van der Waals surface area contributed by atoms with Crippen molar-refractivity contribution < 1.29 is 42.9 Å². The molecule has 0 N–H and O–H groups in total. The summed E-state index contributed by atoms with van der Waals surface area (Å²) >= 11 is 0. The van der Waals surface area contributed by atoms with Crippen LogP contribution in [0.4, 0.5) is 0 Å². The summed E-state index contributed by atoms with van der Waals surface area (Å²) in [5, 5.41) is 8.43. The first-order valence-corrected chi connectivity index (χ1v) is 15.2. The van der Waals surface area contributed by atoms with Crippen LogP contribution in [0.5, 0.6) is 0 Å². The molecule has 1 saturated heterocycles. The highest BCUT2D eigenvalue weighted by Gasteiger charge is 2.53. The van der Waals surface area contributed by atoms with Gasteiger partial charge >= 0.3 is 23.9 Å². The number of nitrogens with zero attached hydrogens (tertiary/aromatic N) is 7. The maximum atomic E-state index is 12.2. The molecule has 16 nitrogen and oxygen atoms in total. The third-order valence-corrected chi connectivity index (χ3v) is 7.26. The molecule has 3 aliphatic heterocycles. The molecule has 0 amide bonds. The first kappa shape index (κ1) is 34.2. The van der Waals surface area contributed by atoms with E-state index in [0.29, 0.717) is 25.3 Å². The second-order valence-corrected chi connectivity index (χ2v) is 11.2. The molecule has 0 aliphatic carbocycles. The molecule has 16 heteroatoms. The average molecular weight is 664 g/mol. The fourth-order valence-corrected chi connectivity index (χ4v) is 5.31. The van der Waals surface area contributed by atoms with Crippen LogP contribution in [-0.4, -0.2) is 103 Å². The lowest BCUT2D eigenvalue weighted by molar-refractivity contribution is -0.270. The molecule has 4 heterocycles. The van der Waals surface area contributed by atoms with Crippen LogP contribution >= 0.6 is 0 Å². The van der Waals surface area contributed by atoms with Gasteiger partial charge in [-0.05, 0) is 5.56 Å². The van der Waals surface area contributed by atoms with E-state index < -0.39 is 54.5 Å². The van der Waals surface area contributed by atoms with E-state index in [1.807, 2.05) is 57.7 Å². The lowest BCUT2D eigenvalue weighted by Gasteiger charge is -2.44. The van der Waals surface area contributed by atoms with Crippen molar-refractivity contribution in [1.82, 2.24) is 34.6 Å². The fraction of sp³-hybridized carbons (Fsp3) is 0.438. The molecule has 1 aromatic carbocycles. The second kappa shape index (κ2) is 15.6. The molecule has 4 radical (unpaired) electrons. The van der Waals surface area contributed by atoms with Crippen LogP contribution in [-0.2, 0) is 56.0 Å². The number of carbonyl (C=O) groups is 4. The summed E-state index contributed by atoms with van der Waals surface area (Å²) in [6, 6.07) is 10.2. The lowest BCUT2D eigenvalue weighted by atomic mass is 9.97. The first-order valence-electron chi connectivity index (χ1n) is 15.2. The van der Waals surface area contributed by atoms with Crippen LogP contribution in [0.2, 0.25) is 0 Å². The van der Waals surface area contributed by atoms with Crippen LogP contribution in [0.25, 0.3) is 0 Å². The molecule has 0 spiro atoms. The molecule has 5 atom stereocenters. The summed E-state index contributed by atoms with van der Waals surface area (Å²) in [7, 11) is 0. The van der Waals surface area contributed by atoms with Gasteiger partial charge in [0.05, 0.1) is 12.7 Å². The minimum Gasteiger partial charge on any atom is -0.463 e. The SMILES string of the molecule is CC(=O)OC[C@H]1O[C@@H](n2cc(CN3[C]N(CCN4[C]N(Cc5ccccc5)C=C4)C=C3)nn2)[C@H](OC(C)=O)[C@@H](OC(C)=O)[C@@H]1OC(C)=O. The summed E-state index contributed by atoms with van der Waals surface area (Å²) in [6.07, 6.45) is 3.13. The topological polar surface area (TPSA) is 158 Å². The number of hydrogen-bond acceptors (Lipinski definition) is 15.